The molecule has 0 aromatic heterocycles. The highest BCUT2D eigenvalue weighted by Crippen LogP contribution is 2.43. The maximum Gasteiger partial charge on any atom is 0.119 e. The van der Waals surface area contributed by atoms with Crippen LogP contribution in [0.1, 0.15) is 57.6 Å². The molecule has 1 saturated carbocycles. The van der Waals surface area contributed by atoms with Gasteiger partial charge in [0.05, 0.1) is 12.2 Å². The second-order valence-corrected chi connectivity index (χ2v) is 6.47. The van der Waals surface area contributed by atoms with E-state index in [0.29, 0.717) is 12.1 Å². The van der Waals surface area contributed by atoms with Gasteiger partial charge in [-0.3, -0.25) is 0 Å². The van der Waals surface area contributed by atoms with Crippen molar-refractivity contribution in [2.45, 2.75) is 63.7 Å². The number of ether oxygens (including phenoxy) is 2. The molecule has 2 atom stereocenters. The van der Waals surface area contributed by atoms with Gasteiger partial charge in [-0.2, -0.15) is 0 Å². The zero-order valence-corrected chi connectivity index (χ0v) is 13.2. The molecule has 3 rings (SSSR count). The van der Waals surface area contributed by atoms with Crippen LogP contribution in [-0.4, -0.2) is 24.9 Å². The van der Waals surface area contributed by atoms with Crippen LogP contribution in [0, 0.1) is 0 Å². The summed E-state index contributed by atoms with van der Waals surface area (Å²) in [6, 6.07) is 8.94. The van der Waals surface area contributed by atoms with Crippen molar-refractivity contribution >= 4 is 0 Å². The molecule has 0 amide bonds. The minimum Gasteiger partial charge on any atom is -0.490 e. The third kappa shape index (κ3) is 3.41. The van der Waals surface area contributed by atoms with E-state index in [0.717, 1.165) is 31.7 Å². The minimum atomic E-state index is 0.155. The summed E-state index contributed by atoms with van der Waals surface area (Å²) in [6.45, 7) is 6.16. The van der Waals surface area contributed by atoms with E-state index in [1.165, 1.54) is 24.8 Å². The van der Waals surface area contributed by atoms with Gasteiger partial charge in [0.1, 0.15) is 11.9 Å². The van der Waals surface area contributed by atoms with Crippen molar-refractivity contribution < 1.29 is 9.47 Å². The fourth-order valence-corrected chi connectivity index (χ4v) is 3.45. The zero-order chi connectivity index (χ0) is 14.7. The molecule has 0 radical (unpaired) electrons. The Morgan fingerprint density at radius 2 is 2.10 bits per heavy atom. The third-order valence-corrected chi connectivity index (χ3v) is 4.91. The van der Waals surface area contributed by atoms with Crippen molar-refractivity contribution in [2.75, 3.05) is 13.2 Å². The van der Waals surface area contributed by atoms with Gasteiger partial charge >= 0.3 is 0 Å². The molecule has 2 fully saturated rings. The monoisotopic (exact) mass is 289 g/mol. The molecule has 2 aliphatic rings. The maximum atomic E-state index is 6.18. The Kier molecular flexibility index (Phi) is 4.51. The standard InChI is InChI=1S/C18H27NO2/c1-3-19-14(2)15-5-7-16(8-6-15)21-17-9-12-20-18(13-17)10-4-11-18/h5-8,14,17,19H,3-4,9-13H2,1-2H3. The van der Waals surface area contributed by atoms with Crippen LogP contribution >= 0.6 is 0 Å². The normalized spacial score (nSPS) is 25.3. The summed E-state index contributed by atoms with van der Waals surface area (Å²) in [4.78, 5) is 0. The van der Waals surface area contributed by atoms with E-state index in [1.54, 1.807) is 0 Å². The van der Waals surface area contributed by atoms with Gasteiger partial charge in [-0.05, 0) is 50.4 Å². The average molecular weight is 289 g/mol. The van der Waals surface area contributed by atoms with Gasteiger partial charge in [-0.1, -0.05) is 19.1 Å². The molecule has 1 spiro atoms. The Bertz CT molecular complexity index is 453. The molecule has 1 saturated heterocycles. The van der Waals surface area contributed by atoms with Crippen LogP contribution in [-0.2, 0) is 4.74 Å². The molecule has 2 unspecified atom stereocenters. The summed E-state index contributed by atoms with van der Waals surface area (Å²) in [5, 5.41) is 3.43. The fraction of sp³-hybridized carbons (Fsp3) is 0.667. The van der Waals surface area contributed by atoms with Crippen LogP contribution < -0.4 is 10.1 Å². The first-order valence-corrected chi connectivity index (χ1v) is 8.35. The first kappa shape index (κ1) is 14.9. The van der Waals surface area contributed by atoms with Gasteiger partial charge in [0.25, 0.3) is 0 Å². The van der Waals surface area contributed by atoms with E-state index in [4.69, 9.17) is 9.47 Å². The maximum absolute atomic E-state index is 6.18. The van der Waals surface area contributed by atoms with Crippen LogP contribution in [0.4, 0.5) is 0 Å². The average Bonchev–Trinajstić information content (AvgIpc) is 2.47. The lowest BCUT2D eigenvalue weighted by atomic mass is 9.74. The van der Waals surface area contributed by atoms with Crippen molar-refractivity contribution in [1.29, 1.82) is 0 Å². The van der Waals surface area contributed by atoms with E-state index in [2.05, 4.69) is 43.4 Å². The summed E-state index contributed by atoms with van der Waals surface area (Å²) in [5.41, 5.74) is 1.47. The lowest BCUT2D eigenvalue weighted by molar-refractivity contribution is -0.153. The molecule has 1 N–H and O–H groups in total. The van der Waals surface area contributed by atoms with Crippen LogP contribution in [0.15, 0.2) is 24.3 Å². The molecule has 116 valence electrons. The molecule has 1 aliphatic carbocycles. The predicted octanol–water partition coefficient (Wildman–Crippen LogP) is 3.84. The molecular formula is C18H27NO2. The van der Waals surface area contributed by atoms with Gasteiger partial charge in [0, 0.05) is 18.9 Å². The summed E-state index contributed by atoms with van der Waals surface area (Å²) in [6.07, 6.45) is 6.12. The second-order valence-electron chi connectivity index (χ2n) is 6.47. The third-order valence-electron chi connectivity index (χ3n) is 4.91. The summed E-state index contributed by atoms with van der Waals surface area (Å²) >= 11 is 0. The molecule has 1 aromatic carbocycles. The van der Waals surface area contributed by atoms with E-state index >= 15 is 0 Å². The number of rotatable bonds is 5. The quantitative estimate of drug-likeness (QED) is 0.893. The van der Waals surface area contributed by atoms with Gasteiger partial charge in [0.15, 0.2) is 0 Å². The Morgan fingerprint density at radius 3 is 2.71 bits per heavy atom. The van der Waals surface area contributed by atoms with Crippen LogP contribution in [0.25, 0.3) is 0 Å². The van der Waals surface area contributed by atoms with E-state index in [1.807, 2.05) is 0 Å². The van der Waals surface area contributed by atoms with Crippen molar-refractivity contribution in [3.63, 3.8) is 0 Å². The lowest BCUT2D eigenvalue weighted by Gasteiger charge is -2.46. The first-order valence-electron chi connectivity index (χ1n) is 8.35. The molecule has 21 heavy (non-hydrogen) atoms. The van der Waals surface area contributed by atoms with Crippen LogP contribution in [0.3, 0.4) is 0 Å². The molecular weight excluding hydrogens is 262 g/mol. The van der Waals surface area contributed by atoms with Crippen molar-refractivity contribution in [3.8, 4) is 5.75 Å². The van der Waals surface area contributed by atoms with Crippen LogP contribution in [0.5, 0.6) is 5.75 Å². The van der Waals surface area contributed by atoms with Gasteiger partial charge < -0.3 is 14.8 Å². The van der Waals surface area contributed by atoms with Crippen molar-refractivity contribution in [3.05, 3.63) is 29.8 Å². The summed E-state index contributed by atoms with van der Waals surface area (Å²) < 4.78 is 12.1. The minimum absolute atomic E-state index is 0.155. The van der Waals surface area contributed by atoms with Gasteiger partial charge in [-0.15, -0.1) is 0 Å². The zero-order valence-electron chi connectivity index (χ0n) is 13.2. The summed E-state index contributed by atoms with van der Waals surface area (Å²) in [7, 11) is 0. The summed E-state index contributed by atoms with van der Waals surface area (Å²) in [5.74, 6) is 0.990. The lowest BCUT2D eigenvalue weighted by Crippen LogP contribution is -2.48. The largest absolute Gasteiger partial charge is 0.490 e. The highest BCUT2D eigenvalue weighted by Gasteiger charge is 2.43. The van der Waals surface area contributed by atoms with Crippen LogP contribution in [0.2, 0.25) is 0 Å². The van der Waals surface area contributed by atoms with E-state index < -0.39 is 0 Å². The van der Waals surface area contributed by atoms with E-state index in [9.17, 15) is 0 Å². The van der Waals surface area contributed by atoms with Crippen molar-refractivity contribution in [1.82, 2.24) is 5.32 Å². The Labute approximate surface area is 128 Å². The van der Waals surface area contributed by atoms with Gasteiger partial charge in [-0.25, -0.2) is 0 Å². The van der Waals surface area contributed by atoms with Gasteiger partial charge in [0.2, 0.25) is 0 Å². The molecule has 1 heterocycles. The number of hydrogen-bond donors (Lipinski definition) is 1. The predicted molar refractivity (Wildman–Crippen MR) is 84.7 cm³/mol. The highest BCUT2D eigenvalue weighted by molar-refractivity contribution is 5.29. The topological polar surface area (TPSA) is 30.5 Å². The molecule has 3 nitrogen and oxygen atoms in total. The van der Waals surface area contributed by atoms with Crippen molar-refractivity contribution in [2.24, 2.45) is 0 Å². The number of benzene rings is 1. The highest BCUT2D eigenvalue weighted by atomic mass is 16.5. The first-order chi connectivity index (χ1) is 10.2. The molecule has 0 bridgehead atoms. The second kappa shape index (κ2) is 6.37. The Balaban J connectivity index is 1.57. The fourth-order valence-electron chi connectivity index (χ4n) is 3.45. The Hall–Kier alpha value is -1.06. The number of nitrogens with one attached hydrogen (secondary N) is 1. The molecule has 1 aliphatic heterocycles. The SMILES string of the molecule is CCNC(C)c1ccc(OC2CCOC3(CCC3)C2)cc1. The Morgan fingerprint density at radius 1 is 1.33 bits per heavy atom. The number of hydrogen-bond acceptors (Lipinski definition) is 3. The molecule has 1 aromatic rings. The van der Waals surface area contributed by atoms with E-state index in [-0.39, 0.29) is 5.60 Å². The smallest absolute Gasteiger partial charge is 0.119 e. The molecule has 3 heteroatoms.